The van der Waals surface area contributed by atoms with Gasteiger partial charge in [-0.1, -0.05) is 6.07 Å². The number of halogens is 1. The minimum Gasteiger partial charge on any atom is -0.482 e. The van der Waals surface area contributed by atoms with E-state index >= 15 is 0 Å². The Bertz CT molecular complexity index is 445. The maximum Gasteiger partial charge on any atom is 0.339 e. The smallest absolute Gasteiger partial charge is 0.339 e. The second-order valence-corrected chi connectivity index (χ2v) is 4.35. The minimum atomic E-state index is -1.10. The molecule has 1 amide bonds. The Hall–Kier alpha value is -1.56. The minimum absolute atomic E-state index is 0.0194. The first-order valence-electron chi connectivity index (χ1n) is 4.78. The maximum atomic E-state index is 11.3. The van der Waals surface area contributed by atoms with E-state index in [1.54, 1.807) is 26.2 Å². The van der Waals surface area contributed by atoms with Gasteiger partial charge in [-0.25, -0.2) is 4.79 Å². The summed E-state index contributed by atoms with van der Waals surface area (Å²) >= 11 is 3.19. The zero-order chi connectivity index (χ0) is 13.0. The molecule has 1 N–H and O–H groups in total. The summed E-state index contributed by atoms with van der Waals surface area (Å²) in [6.45, 7) is -0.199. The number of carboxylic acids is 1. The highest BCUT2D eigenvalue weighted by Gasteiger charge is 2.15. The summed E-state index contributed by atoms with van der Waals surface area (Å²) in [6, 6.07) is 4.67. The molecule has 1 aromatic carbocycles. The average Bonchev–Trinajstić information content (AvgIpc) is 2.26. The number of ether oxygens (including phenoxy) is 1. The number of nitrogens with zero attached hydrogens (tertiary/aromatic N) is 1. The first-order valence-corrected chi connectivity index (χ1v) is 5.57. The number of hydrogen-bond acceptors (Lipinski definition) is 3. The van der Waals surface area contributed by atoms with Gasteiger partial charge in [0.15, 0.2) is 6.61 Å². The number of hydrogen-bond donors (Lipinski definition) is 1. The van der Waals surface area contributed by atoms with Crippen LogP contribution in [0, 0.1) is 0 Å². The van der Waals surface area contributed by atoms with Gasteiger partial charge >= 0.3 is 5.97 Å². The van der Waals surface area contributed by atoms with Crippen molar-refractivity contribution in [2.75, 3.05) is 20.7 Å². The van der Waals surface area contributed by atoms with Crippen LogP contribution in [0.5, 0.6) is 5.75 Å². The number of carboxylic acid groups (broad SMARTS) is 1. The van der Waals surface area contributed by atoms with Crippen molar-refractivity contribution in [3.05, 3.63) is 28.2 Å². The molecule has 0 radical (unpaired) electrons. The molecule has 0 spiro atoms. The number of benzene rings is 1. The Balaban J connectivity index is 2.90. The van der Waals surface area contributed by atoms with E-state index < -0.39 is 5.97 Å². The van der Waals surface area contributed by atoms with Gasteiger partial charge in [0.1, 0.15) is 11.3 Å². The van der Waals surface area contributed by atoms with E-state index in [9.17, 15) is 9.59 Å². The second kappa shape index (κ2) is 5.67. The van der Waals surface area contributed by atoms with Gasteiger partial charge in [-0.3, -0.25) is 4.79 Å². The Morgan fingerprint density at radius 2 is 2.06 bits per heavy atom. The van der Waals surface area contributed by atoms with Gasteiger partial charge in [-0.05, 0) is 28.1 Å². The first-order chi connectivity index (χ1) is 7.93. The molecule has 17 heavy (non-hydrogen) atoms. The second-order valence-electron chi connectivity index (χ2n) is 3.50. The van der Waals surface area contributed by atoms with E-state index in [1.165, 1.54) is 11.0 Å². The van der Waals surface area contributed by atoms with Gasteiger partial charge in [0.05, 0.1) is 4.47 Å². The standard InChI is InChI=1S/C11H12BrNO4/c1-13(2)9(14)6-17-10-7(11(15)16)4-3-5-8(10)12/h3-5H,6H2,1-2H3,(H,15,16). The Kier molecular flexibility index (Phi) is 4.51. The number of aromatic carboxylic acids is 1. The van der Waals surface area contributed by atoms with Gasteiger partial charge in [-0.2, -0.15) is 0 Å². The van der Waals surface area contributed by atoms with Crippen LogP contribution in [-0.2, 0) is 4.79 Å². The summed E-state index contributed by atoms with van der Waals surface area (Å²) in [5.74, 6) is -1.18. The molecule has 0 saturated carbocycles. The highest BCUT2D eigenvalue weighted by Crippen LogP contribution is 2.29. The summed E-state index contributed by atoms with van der Waals surface area (Å²) in [4.78, 5) is 23.7. The van der Waals surface area contributed by atoms with Crippen LogP contribution in [0.3, 0.4) is 0 Å². The third kappa shape index (κ3) is 3.45. The predicted molar refractivity (Wildman–Crippen MR) is 65.3 cm³/mol. The molecule has 1 aromatic rings. The molecule has 1 rings (SSSR count). The molecule has 0 heterocycles. The quantitative estimate of drug-likeness (QED) is 0.917. The van der Waals surface area contributed by atoms with E-state index in [-0.39, 0.29) is 23.8 Å². The lowest BCUT2D eigenvalue weighted by molar-refractivity contribution is -0.130. The van der Waals surface area contributed by atoms with Crippen molar-refractivity contribution in [1.82, 2.24) is 4.90 Å². The summed E-state index contributed by atoms with van der Waals surface area (Å²) in [6.07, 6.45) is 0. The van der Waals surface area contributed by atoms with Crippen molar-refractivity contribution in [2.24, 2.45) is 0 Å². The Labute approximate surface area is 107 Å². The fourth-order valence-electron chi connectivity index (χ4n) is 1.09. The third-order valence-corrected chi connectivity index (χ3v) is 2.66. The molecule has 0 bridgehead atoms. The lowest BCUT2D eigenvalue weighted by atomic mass is 10.2. The Morgan fingerprint density at radius 1 is 1.41 bits per heavy atom. The van der Waals surface area contributed by atoms with Crippen molar-refractivity contribution < 1.29 is 19.4 Å². The van der Waals surface area contributed by atoms with Gasteiger partial charge < -0.3 is 14.7 Å². The normalized spacial score (nSPS) is 9.82. The largest absolute Gasteiger partial charge is 0.482 e. The highest BCUT2D eigenvalue weighted by molar-refractivity contribution is 9.10. The summed E-state index contributed by atoms with van der Waals surface area (Å²) in [7, 11) is 3.20. The molecule has 0 aliphatic rings. The van der Waals surface area contributed by atoms with Gasteiger partial charge in [0.25, 0.3) is 5.91 Å². The van der Waals surface area contributed by atoms with Crippen molar-refractivity contribution in [1.29, 1.82) is 0 Å². The van der Waals surface area contributed by atoms with Crippen molar-refractivity contribution in [3.8, 4) is 5.75 Å². The van der Waals surface area contributed by atoms with Crippen LogP contribution in [0.4, 0.5) is 0 Å². The van der Waals surface area contributed by atoms with Crippen LogP contribution >= 0.6 is 15.9 Å². The monoisotopic (exact) mass is 301 g/mol. The van der Waals surface area contributed by atoms with E-state index in [1.807, 2.05) is 0 Å². The van der Waals surface area contributed by atoms with E-state index in [0.717, 1.165) is 0 Å². The average molecular weight is 302 g/mol. The molecule has 0 aliphatic heterocycles. The predicted octanol–water partition coefficient (Wildman–Crippen LogP) is 1.61. The fraction of sp³-hybridized carbons (Fsp3) is 0.273. The summed E-state index contributed by atoms with van der Waals surface area (Å²) in [5.41, 5.74) is 0.0194. The zero-order valence-corrected chi connectivity index (χ0v) is 11.0. The zero-order valence-electron chi connectivity index (χ0n) is 9.44. The van der Waals surface area contributed by atoms with Crippen LogP contribution in [-0.4, -0.2) is 42.6 Å². The molecule has 0 fully saturated rings. The fourth-order valence-corrected chi connectivity index (χ4v) is 1.57. The SMILES string of the molecule is CN(C)C(=O)COc1c(Br)cccc1C(=O)O. The van der Waals surface area contributed by atoms with E-state index in [0.29, 0.717) is 4.47 Å². The molecule has 6 heteroatoms. The molecule has 5 nitrogen and oxygen atoms in total. The van der Waals surface area contributed by atoms with Crippen molar-refractivity contribution in [2.45, 2.75) is 0 Å². The maximum absolute atomic E-state index is 11.3. The molecule has 0 saturated heterocycles. The van der Waals surface area contributed by atoms with Crippen LogP contribution in [0.25, 0.3) is 0 Å². The third-order valence-electron chi connectivity index (χ3n) is 2.04. The number of amides is 1. The number of para-hydroxylation sites is 1. The molecule has 0 aliphatic carbocycles. The highest BCUT2D eigenvalue weighted by atomic mass is 79.9. The summed E-state index contributed by atoms with van der Waals surface area (Å²) in [5, 5.41) is 8.97. The van der Waals surface area contributed by atoms with E-state index in [4.69, 9.17) is 9.84 Å². The van der Waals surface area contributed by atoms with Crippen LogP contribution in [0.2, 0.25) is 0 Å². The van der Waals surface area contributed by atoms with Crippen LogP contribution in [0.15, 0.2) is 22.7 Å². The lowest BCUT2D eigenvalue weighted by Crippen LogP contribution is -2.27. The molecule has 0 unspecified atom stereocenters. The van der Waals surface area contributed by atoms with E-state index in [2.05, 4.69) is 15.9 Å². The van der Waals surface area contributed by atoms with Gasteiger partial charge in [0.2, 0.25) is 0 Å². The molecular formula is C11H12BrNO4. The lowest BCUT2D eigenvalue weighted by Gasteiger charge is -2.13. The van der Waals surface area contributed by atoms with Gasteiger partial charge in [-0.15, -0.1) is 0 Å². The van der Waals surface area contributed by atoms with Crippen molar-refractivity contribution in [3.63, 3.8) is 0 Å². The number of rotatable bonds is 4. The molecule has 0 aromatic heterocycles. The molecular weight excluding hydrogens is 290 g/mol. The van der Waals surface area contributed by atoms with Crippen LogP contribution < -0.4 is 4.74 Å². The first kappa shape index (κ1) is 13.5. The molecule has 92 valence electrons. The van der Waals surface area contributed by atoms with Crippen LogP contribution in [0.1, 0.15) is 10.4 Å². The number of carbonyl (C=O) groups excluding carboxylic acids is 1. The number of carbonyl (C=O) groups is 2. The van der Waals surface area contributed by atoms with Gasteiger partial charge in [0, 0.05) is 14.1 Å². The topological polar surface area (TPSA) is 66.8 Å². The van der Waals surface area contributed by atoms with Crippen molar-refractivity contribution >= 4 is 27.8 Å². The Morgan fingerprint density at radius 3 is 2.59 bits per heavy atom. The molecule has 0 atom stereocenters. The number of likely N-dealkylation sites (N-methyl/N-ethyl adjacent to an activating group) is 1. The summed E-state index contributed by atoms with van der Waals surface area (Å²) < 4.78 is 5.74.